The summed E-state index contributed by atoms with van der Waals surface area (Å²) >= 11 is 0. The summed E-state index contributed by atoms with van der Waals surface area (Å²) in [5.74, 6) is -0.391. The van der Waals surface area contributed by atoms with Gasteiger partial charge in [-0.25, -0.2) is 4.39 Å². The molecule has 94 valence electrons. The monoisotopic (exact) mass is 239 g/mol. The van der Waals surface area contributed by atoms with Crippen LogP contribution in [0.2, 0.25) is 0 Å². The summed E-state index contributed by atoms with van der Waals surface area (Å²) in [7, 11) is 0. The second kappa shape index (κ2) is 5.02. The van der Waals surface area contributed by atoms with Crippen molar-refractivity contribution < 1.29 is 14.6 Å². The molecule has 17 heavy (non-hydrogen) atoms. The summed E-state index contributed by atoms with van der Waals surface area (Å²) in [5, 5.41) is 19.3. The van der Waals surface area contributed by atoms with Gasteiger partial charge in [-0.1, -0.05) is 6.07 Å². The van der Waals surface area contributed by atoms with Crippen molar-refractivity contribution in [1.82, 2.24) is 0 Å². The van der Waals surface area contributed by atoms with Crippen LogP contribution in [0, 0.1) is 5.82 Å². The number of β-amino-alcohol motifs (C(OH)–C–C–N with tert-alkyl or cyclic N) is 1. The van der Waals surface area contributed by atoms with Crippen LogP contribution in [-0.2, 0) is 0 Å². The molecular formula is C13H18FNO2. The summed E-state index contributed by atoms with van der Waals surface area (Å²) in [5.41, 5.74) is 1.01. The van der Waals surface area contributed by atoms with E-state index in [0.29, 0.717) is 17.8 Å². The Kier molecular flexibility index (Phi) is 3.64. The van der Waals surface area contributed by atoms with Gasteiger partial charge in [0.15, 0.2) is 0 Å². The third kappa shape index (κ3) is 2.58. The molecule has 2 N–H and O–H groups in total. The van der Waals surface area contributed by atoms with E-state index >= 15 is 0 Å². The van der Waals surface area contributed by atoms with Gasteiger partial charge >= 0.3 is 0 Å². The number of aliphatic hydroxyl groups excluding tert-OH is 2. The zero-order valence-electron chi connectivity index (χ0n) is 9.93. The van der Waals surface area contributed by atoms with Crippen LogP contribution < -0.4 is 4.90 Å². The first kappa shape index (κ1) is 12.3. The zero-order chi connectivity index (χ0) is 12.4. The van der Waals surface area contributed by atoms with Crippen LogP contribution in [0.3, 0.4) is 0 Å². The molecule has 2 rings (SSSR count). The fourth-order valence-electron chi connectivity index (χ4n) is 2.39. The summed E-state index contributed by atoms with van der Waals surface area (Å²) in [6.07, 6.45) is 0.464. The minimum Gasteiger partial charge on any atom is -0.391 e. The maximum absolute atomic E-state index is 13.7. The molecule has 0 saturated carbocycles. The molecule has 0 bridgehead atoms. The molecule has 0 spiro atoms. The first-order chi connectivity index (χ1) is 8.09. The van der Waals surface area contributed by atoms with Gasteiger partial charge in [0.2, 0.25) is 0 Å². The molecule has 4 heteroatoms. The van der Waals surface area contributed by atoms with Crippen LogP contribution in [0.1, 0.15) is 31.4 Å². The number of nitrogens with zero attached hydrogens (tertiary/aromatic N) is 1. The van der Waals surface area contributed by atoms with Crippen molar-refractivity contribution in [3.05, 3.63) is 29.6 Å². The Morgan fingerprint density at radius 1 is 1.47 bits per heavy atom. The number of halogens is 1. The normalized spacial score (nSPS) is 22.6. The lowest BCUT2D eigenvalue weighted by Gasteiger charge is -2.33. The van der Waals surface area contributed by atoms with Crippen LogP contribution >= 0.6 is 0 Å². The Morgan fingerprint density at radius 3 is 2.88 bits per heavy atom. The number of benzene rings is 1. The first-order valence-corrected chi connectivity index (χ1v) is 5.99. The van der Waals surface area contributed by atoms with Crippen molar-refractivity contribution in [2.75, 3.05) is 18.0 Å². The van der Waals surface area contributed by atoms with Gasteiger partial charge in [-0.05, 0) is 31.9 Å². The third-order valence-corrected chi connectivity index (χ3v) is 3.18. The average molecular weight is 239 g/mol. The lowest BCUT2D eigenvalue weighted by Crippen LogP contribution is -2.39. The number of hydrogen-bond acceptors (Lipinski definition) is 3. The molecule has 1 unspecified atom stereocenters. The van der Waals surface area contributed by atoms with Gasteiger partial charge in [-0.15, -0.1) is 0 Å². The minimum atomic E-state index is -0.842. The van der Waals surface area contributed by atoms with Gasteiger partial charge in [0.25, 0.3) is 0 Å². The highest BCUT2D eigenvalue weighted by molar-refractivity contribution is 5.55. The molecule has 0 aromatic heterocycles. The van der Waals surface area contributed by atoms with E-state index in [1.165, 1.54) is 6.07 Å². The Balaban J connectivity index is 2.34. The van der Waals surface area contributed by atoms with E-state index in [9.17, 15) is 14.6 Å². The van der Waals surface area contributed by atoms with Gasteiger partial charge < -0.3 is 15.1 Å². The number of hydrogen-bond donors (Lipinski definition) is 2. The second-order valence-corrected chi connectivity index (χ2v) is 4.59. The topological polar surface area (TPSA) is 43.7 Å². The van der Waals surface area contributed by atoms with Gasteiger partial charge in [-0.3, -0.25) is 0 Å². The summed E-state index contributed by atoms with van der Waals surface area (Å²) in [4.78, 5) is 1.94. The Labute approximate surface area is 100 Å². The maximum Gasteiger partial charge on any atom is 0.131 e. The van der Waals surface area contributed by atoms with Crippen molar-refractivity contribution in [2.45, 2.75) is 32.0 Å². The number of rotatable bonds is 2. The molecule has 2 atom stereocenters. The van der Waals surface area contributed by atoms with Gasteiger partial charge in [0.05, 0.1) is 12.2 Å². The van der Waals surface area contributed by atoms with E-state index in [1.54, 1.807) is 19.1 Å². The van der Waals surface area contributed by atoms with Gasteiger partial charge in [0.1, 0.15) is 5.82 Å². The average Bonchev–Trinajstić information content (AvgIpc) is 2.28. The summed E-state index contributed by atoms with van der Waals surface area (Å²) in [6.45, 7) is 2.85. The number of anilines is 1. The van der Waals surface area contributed by atoms with Crippen molar-refractivity contribution >= 4 is 5.69 Å². The second-order valence-electron chi connectivity index (χ2n) is 4.59. The predicted molar refractivity (Wildman–Crippen MR) is 64.5 cm³/mol. The lowest BCUT2D eigenvalue weighted by atomic mass is 10.0. The van der Waals surface area contributed by atoms with Crippen molar-refractivity contribution in [3.63, 3.8) is 0 Å². The van der Waals surface area contributed by atoms with Crippen LogP contribution in [0.4, 0.5) is 10.1 Å². The standard InChI is InChI=1S/C13H18FNO2/c1-9(16)13-11(14)5-2-6-12(13)15-7-3-4-10(17)8-15/h2,5-6,9-10,16-17H,3-4,7-8H2,1H3/t9-,10?/m0/s1. The quantitative estimate of drug-likeness (QED) is 0.827. The molecule has 0 amide bonds. The molecule has 0 radical (unpaired) electrons. The highest BCUT2D eigenvalue weighted by Crippen LogP contribution is 2.30. The van der Waals surface area contributed by atoms with Crippen LogP contribution in [0.25, 0.3) is 0 Å². The highest BCUT2D eigenvalue weighted by atomic mass is 19.1. The highest BCUT2D eigenvalue weighted by Gasteiger charge is 2.23. The molecule has 1 fully saturated rings. The number of aliphatic hydroxyl groups is 2. The van der Waals surface area contributed by atoms with Crippen LogP contribution in [-0.4, -0.2) is 29.4 Å². The molecular weight excluding hydrogens is 221 g/mol. The van der Waals surface area contributed by atoms with Crippen molar-refractivity contribution in [2.24, 2.45) is 0 Å². The van der Waals surface area contributed by atoms with Crippen LogP contribution in [0.15, 0.2) is 18.2 Å². The van der Waals surface area contributed by atoms with E-state index < -0.39 is 11.9 Å². The first-order valence-electron chi connectivity index (χ1n) is 5.99. The fraction of sp³-hybridized carbons (Fsp3) is 0.538. The Bertz CT molecular complexity index is 395. The van der Waals surface area contributed by atoms with Crippen molar-refractivity contribution in [3.8, 4) is 0 Å². The molecule has 1 aliphatic heterocycles. The summed E-state index contributed by atoms with van der Waals surface area (Å²) in [6, 6.07) is 4.78. The minimum absolute atomic E-state index is 0.321. The van der Waals surface area contributed by atoms with Crippen LogP contribution in [0.5, 0.6) is 0 Å². The SMILES string of the molecule is C[C@H](O)c1c(F)cccc1N1CCCC(O)C1. The predicted octanol–water partition coefficient (Wildman–Crippen LogP) is 1.84. The van der Waals surface area contributed by atoms with E-state index in [0.717, 1.165) is 19.4 Å². The Hall–Kier alpha value is -1.13. The van der Waals surface area contributed by atoms with Gasteiger partial charge in [-0.2, -0.15) is 0 Å². The smallest absolute Gasteiger partial charge is 0.131 e. The van der Waals surface area contributed by atoms with E-state index in [2.05, 4.69) is 0 Å². The van der Waals surface area contributed by atoms with E-state index in [4.69, 9.17) is 0 Å². The fourth-order valence-corrected chi connectivity index (χ4v) is 2.39. The molecule has 1 aromatic carbocycles. The third-order valence-electron chi connectivity index (χ3n) is 3.18. The molecule has 0 aliphatic carbocycles. The van der Waals surface area contributed by atoms with Crippen molar-refractivity contribution in [1.29, 1.82) is 0 Å². The van der Waals surface area contributed by atoms with E-state index in [1.807, 2.05) is 4.90 Å². The largest absolute Gasteiger partial charge is 0.391 e. The zero-order valence-corrected chi connectivity index (χ0v) is 9.93. The summed E-state index contributed by atoms with van der Waals surface area (Å²) < 4.78 is 13.7. The number of piperidine rings is 1. The molecule has 1 aliphatic rings. The molecule has 1 heterocycles. The lowest BCUT2D eigenvalue weighted by molar-refractivity contribution is 0.153. The Morgan fingerprint density at radius 2 is 2.24 bits per heavy atom. The van der Waals surface area contributed by atoms with E-state index in [-0.39, 0.29) is 6.10 Å². The molecule has 1 saturated heterocycles. The molecule has 3 nitrogen and oxygen atoms in total. The maximum atomic E-state index is 13.7. The molecule has 1 aromatic rings. The van der Waals surface area contributed by atoms with Gasteiger partial charge in [0, 0.05) is 24.3 Å².